The van der Waals surface area contributed by atoms with E-state index in [9.17, 15) is 0 Å². The van der Waals surface area contributed by atoms with Crippen LogP contribution < -0.4 is 5.32 Å². The normalized spacial score (nSPS) is 29.7. The van der Waals surface area contributed by atoms with Gasteiger partial charge in [-0.05, 0) is 48.9 Å². The molecule has 0 bridgehead atoms. The molecule has 0 radical (unpaired) electrons. The predicted molar refractivity (Wildman–Crippen MR) is 106 cm³/mol. The molecule has 2 aromatic carbocycles. The van der Waals surface area contributed by atoms with Crippen LogP contribution in [0.4, 0.5) is 5.95 Å². The van der Waals surface area contributed by atoms with Gasteiger partial charge in [-0.3, -0.25) is 0 Å². The molecule has 0 amide bonds. The molecular weight excluding hydrogens is 318 g/mol. The monoisotopic (exact) mass is 343 g/mol. The van der Waals surface area contributed by atoms with Gasteiger partial charge in [0.15, 0.2) is 0 Å². The number of aromatic nitrogens is 2. The summed E-state index contributed by atoms with van der Waals surface area (Å²) in [6.45, 7) is 0. The van der Waals surface area contributed by atoms with Crippen LogP contribution in [-0.2, 0) is 5.54 Å². The van der Waals surface area contributed by atoms with E-state index in [2.05, 4.69) is 58.4 Å². The van der Waals surface area contributed by atoms with Gasteiger partial charge in [0.25, 0.3) is 0 Å². The molecule has 2 fully saturated rings. The zero-order chi connectivity index (χ0) is 17.2. The number of benzene rings is 2. The van der Waals surface area contributed by atoms with Gasteiger partial charge in [0.2, 0.25) is 5.95 Å². The zero-order valence-electron chi connectivity index (χ0n) is 15.2. The van der Waals surface area contributed by atoms with Crippen molar-refractivity contribution in [3.63, 3.8) is 0 Å². The Hall–Kier alpha value is -2.29. The van der Waals surface area contributed by atoms with Crippen molar-refractivity contribution in [3.05, 3.63) is 48.5 Å². The molecule has 0 unspecified atom stereocenters. The molecule has 2 saturated carbocycles. The Labute approximate surface area is 154 Å². The summed E-state index contributed by atoms with van der Waals surface area (Å²) >= 11 is 0. The third-order valence-electron chi connectivity index (χ3n) is 7.32. The number of anilines is 1. The van der Waals surface area contributed by atoms with Crippen molar-refractivity contribution in [3.8, 4) is 11.1 Å². The van der Waals surface area contributed by atoms with Gasteiger partial charge in [0, 0.05) is 0 Å². The quantitative estimate of drug-likeness (QED) is 0.613. The number of hydrogen-bond acceptors (Lipinski definition) is 2. The smallest absolute Gasteiger partial charge is 0.205 e. The molecule has 1 aromatic heterocycles. The first kappa shape index (κ1) is 14.8. The van der Waals surface area contributed by atoms with Crippen molar-refractivity contribution in [2.45, 2.75) is 62.4 Å². The molecule has 1 N–H and O–H groups in total. The Morgan fingerprint density at radius 2 is 1.54 bits per heavy atom. The molecular formula is C23H25N3. The summed E-state index contributed by atoms with van der Waals surface area (Å²) in [4.78, 5) is 5.02. The average Bonchev–Trinajstić information content (AvgIpc) is 3.19. The Balaban J connectivity index is 1.58. The third kappa shape index (κ3) is 1.76. The van der Waals surface area contributed by atoms with E-state index in [-0.39, 0.29) is 11.1 Å². The molecule has 0 atom stereocenters. The zero-order valence-corrected chi connectivity index (χ0v) is 15.2. The van der Waals surface area contributed by atoms with E-state index in [0.29, 0.717) is 0 Å². The number of rotatable bonds is 1. The highest BCUT2D eigenvalue weighted by molar-refractivity contribution is 5.86. The van der Waals surface area contributed by atoms with Gasteiger partial charge in [-0.1, -0.05) is 62.1 Å². The van der Waals surface area contributed by atoms with Gasteiger partial charge < -0.3 is 9.88 Å². The molecule has 132 valence electrons. The molecule has 3 heteroatoms. The number of nitrogens with one attached hydrogen (secondary N) is 1. The minimum atomic E-state index is 0.239. The van der Waals surface area contributed by atoms with Crippen LogP contribution in [0.3, 0.4) is 0 Å². The minimum Gasteiger partial charge on any atom is -0.348 e. The van der Waals surface area contributed by atoms with E-state index in [4.69, 9.17) is 4.98 Å². The van der Waals surface area contributed by atoms with Gasteiger partial charge in [-0.2, -0.15) is 0 Å². The van der Waals surface area contributed by atoms with Crippen molar-refractivity contribution in [2.24, 2.45) is 0 Å². The van der Waals surface area contributed by atoms with Crippen LogP contribution in [0, 0.1) is 0 Å². The lowest BCUT2D eigenvalue weighted by molar-refractivity contribution is 0.0673. The summed E-state index contributed by atoms with van der Waals surface area (Å²) in [7, 11) is 0. The van der Waals surface area contributed by atoms with E-state index < -0.39 is 0 Å². The van der Waals surface area contributed by atoms with Crippen LogP contribution in [0.1, 0.15) is 51.4 Å². The number of imidazole rings is 1. The van der Waals surface area contributed by atoms with Gasteiger partial charge in [0.05, 0.1) is 22.1 Å². The van der Waals surface area contributed by atoms with E-state index in [1.807, 2.05) is 0 Å². The Bertz CT molecular complexity index is 973. The lowest BCUT2D eigenvalue weighted by Gasteiger charge is -2.53. The van der Waals surface area contributed by atoms with Crippen LogP contribution >= 0.6 is 0 Å². The first-order chi connectivity index (χ1) is 12.8. The van der Waals surface area contributed by atoms with Gasteiger partial charge in [-0.15, -0.1) is 0 Å². The van der Waals surface area contributed by atoms with Crippen molar-refractivity contribution >= 4 is 17.0 Å². The van der Waals surface area contributed by atoms with E-state index >= 15 is 0 Å². The van der Waals surface area contributed by atoms with Crippen molar-refractivity contribution in [1.29, 1.82) is 0 Å². The minimum absolute atomic E-state index is 0.239. The van der Waals surface area contributed by atoms with Crippen molar-refractivity contribution in [2.75, 3.05) is 5.32 Å². The van der Waals surface area contributed by atoms with E-state index in [1.54, 1.807) is 0 Å². The van der Waals surface area contributed by atoms with Crippen LogP contribution in [0.15, 0.2) is 48.5 Å². The third-order valence-corrected chi connectivity index (χ3v) is 7.32. The molecule has 6 rings (SSSR count). The van der Waals surface area contributed by atoms with E-state index in [1.165, 1.54) is 68.0 Å². The van der Waals surface area contributed by atoms with Crippen LogP contribution in [0.2, 0.25) is 0 Å². The fourth-order valence-corrected chi connectivity index (χ4v) is 6.18. The summed E-state index contributed by atoms with van der Waals surface area (Å²) in [5.74, 6) is 1.12. The Kier molecular flexibility index (Phi) is 2.92. The van der Waals surface area contributed by atoms with Crippen molar-refractivity contribution < 1.29 is 0 Å². The second kappa shape index (κ2) is 5.12. The van der Waals surface area contributed by atoms with Gasteiger partial charge in [0.1, 0.15) is 0 Å². The largest absolute Gasteiger partial charge is 0.348 e. The lowest BCUT2D eigenvalue weighted by atomic mass is 9.60. The first-order valence-electron chi connectivity index (χ1n) is 10.2. The molecule has 3 nitrogen and oxygen atoms in total. The van der Waals surface area contributed by atoms with Crippen LogP contribution in [0.5, 0.6) is 0 Å². The standard InChI is InChI=1S/C23H25N3/c1-2-8-17(9-3-1)18-10-11-19-20(16-18)26-21(24-19)25-22-12-4-6-14-23(22,26)15-7-5-13-22/h1-3,8-11,16H,4-7,12-15H2,(H,24,25). The predicted octanol–water partition coefficient (Wildman–Crippen LogP) is 5.71. The van der Waals surface area contributed by atoms with Crippen molar-refractivity contribution in [1.82, 2.24) is 9.55 Å². The van der Waals surface area contributed by atoms with Gasteiger partial charge in [-0.25, -0.2) is 4.98 Å². The maximum absolute atomic E-state index is 5.02. The maximum Gasteiger partial charge on any atom is 0.205 e. The topological polar surface area (TPSA) is 29.9 Å². The highest BCUT2D eigenvalue weighted by atomic mass is 15.4. The fourth-order valence-electron chi connectivity index (χ4n) is 6.18. The summed E-state index contributed by atoms with van der Waals surface area (Å²) < 4.78 is 2.62. The first-order valence-corrected chi connectivity index (χ1v) is 10.2. The maximum atomic E-state index is 5.02. The van der Waals surface area contributed by atoms with Gasteiger partial charge >= 0.3 is 0 Å². The number of nitrogens with zero attached hydrogens (tertiary/aromatic N) is 2. The highest BCUT2D eigenvalue weighted by Crippen LogP contribution is 2.58. The summed E-state index contributed by atoms with van der Waals surface area (Å²) in [5, 5.41) is 3.94. The molecule has 3 aliphatic rings. The summed E-state index contributed by atoms with van der Waals surface area (Å²) in [6, 6.07) is 17.5. The highest BCUT2D eigenvalue weighted by Gasteiger charge is 2.60. The SMILES string of the molecule is c1ccc(-c2ccc3nc4n(c3c2)C23CCCCC2(CCCC3)N4)cc1. The van der Waals surface area contributed by atoms with E-state index in [0.717, 1.165) is 11.5 Å². The van der Waals surface area contributed by atoms with Crippen LogP contribution in [-0.4, -0.2) is 15.1 Å². The summed E-state index contributed by atoms with van der Waals surface area (Å²) in [6.07, 6.45) is 10.6. The molecule has 0 saturated heterocycles. The molecule has 3 aromatic rings. The molecule has 0 spiro atoms. The second-order valence-electron chi connectivity index (χ2n) is 8.49. The molecule has 2 heterocycles. The molecule has 2 aliphatic carbocycles. The number of hydrogen-bond donors (Lipinski definition) is 1. The second-order valence-corrected chi connectivity index (χ2v) is 8.49. The Morgan fingerprint density at radius 3 is 2.31 bits per heavy atom. The fraction of sp³-hybridized carbons (Fsp3) is 0.435. The lowest BCUT2D eigenvalue weighted by Crippen LogP contribution is -2.58. The van der Waals surface area contributed by atoms with Crippen LogP contribution in [0.25, 0.3) is 22.2 Å². The summed E-state index contributed by atoms with van der Waals surface area (Å²) in [5.41, 5.74) is 5.52. The molecule has 26 heavy (non-hydrogen) atoms. The Morgan fingerprint density at radius 1 is 0.808 bits per heavy atom. The number of fused-ring (bicyclic) bond motifs is 3. The average molecular weight is 343 g/mol. The molecule has 1 aliphatic heterocycles.